The van der Waals surface area contributed by atoms with Gasteiger partial charge >= 0.3 is 7.12 Å². The fourth-order valence-corrected chi connectivity index (χ4v) is 2.50. The number of rotatable bonds is 3. The Balaban J connectivity index is 2.25. The van der Waals surface area contributed by atoms with Gasteiger partial charge in [0.2, 0.25) is 10.0 Å². The van der Waals surface area contributed by atoms with Gasteiger partial charge in [0.05, 0.1) is 17.5 Å². The van der Waals surface area contributed by atoms with Gasteiger partial charge in [0.15, 0.2) is 0 Å². The zero-order valence-corrected chi connectivity index (χ0v) is 13.2. The molecule has 0 amide bonds. The largest absolute Gasteiger partial charge is 0.494 e. The highest BCUT2D eigenvalue weighted by atomic mass is 32.2. The molecule has 7 heteroatoms. The highest BCUT2D eigenvalue weighted by molar-refractivity contribution is 7.92. The van der Waals surface area contributed by atoms with Crippen LogP contribution in [-0.4, -0.2) is 33.0 Å². The third-order valence-electron chi connectivity index (χ3n) is 3.72. The molecule has 1 aliphatic heterocycles. The second kappa shape index (κ2) is 4.75. The van der Waals surface area contributed by atoms with Crippen molar-refractivity contribution in [2.24, 2.45) is 0 Å². The van der Waals surface area contributed by atoms with Gasteiger partial charge in [-0.15, -0.1) is 0 Å². The Morgan fingerprint density at radius 2 is 1.65 bits per heavy atom. The molecule has 1 saturated heterocycles. The van der Waals surface area contributed by atoms with Gasteiger partial charge in [0, 0.05) is 5.69 Å². The lowest BCUT2D eigenvalue weighted by Crippen LogP contribution is -2.41. The Morgan fingerprint density at radius 1 is 1.10 bits per heavy atom. The number of sulfonamides is 1. The topological polar surface area (TPSA) is 64.6 Å². The third-order valence-corrected chi connectivity index (χ3v) is 4.32. The first-order valence-corrected chi connectivity index (χ1v) is 8.33. The van der Waals surface area contributed by atoms with E-state index in [9.17, 15) is 8.42 Å². The molecule has 1 fully saturated rings. The standard InChI is InChI=1S/C13H20BNO4S/c1-12(2)13(3,4)19-14(18-12)10-7-6-8-11(9-10)15-20(5,16)17/h6-9,15H,1-5H3. The van der Waals surface area contributed by atoms with E-state index in [1.807, 2.05) is 33.8 Å². The molecule has 0 saturated carbocycles. The lowest BCUT2D eigenvalue weighted by Gasteiger charge is -2.32. The summed E-state index contributed by atoms with van der Waals surface area (Å²) in [7, 11) is -3.79. The fraction of sp³-hybridized carbons (Fsp3) is 0.538. The molecule has 1 aromatic rings. The Labute approximate surface area is 120 Å². The summed E-state index contributed by atoms with van der Waals surface area (Å²) in [4.78, 5) is 0. The molecule has 0 radical (unpaired) electrons. The van der Waals surface area contributed by atoms with Gasteiger partial charge in [0.25, 0.3) is 0 Å². The molecule has 0 atom stereocenters. The Kier molecular flexibility index (Phi) is 3.65. The van der Waals surface area contributed by atoms with Crippen molar-refractivity contribution >= 4 is 28.3 Å². The van der Waals surface area contributed by atoms with Crippen LogP contribution < -0.4 is 10.2 Å². The van der Waals surface area contributed by atoms with Crippen LogP contribution in [0.1, 0.15) is 27.7 Å². The van der Waals surface area contributed by atoms with Crippen molar-refractivity contribution in [3.05, 3.63) is 24.3 Å². The molecule has 0 aliphatic carbocycles. The highest BCUT2D eigenvalue weighted by Crippen LogP contribution is 2.36. The fourth-order valence-electron chi connectivity index (χ4n) is 1.94. The first kappa shape index (κ1) is 15.3. The van der Waals surface area contributed by atoms with Crippen molar-refractivity contribution in [3.63, 3.8) is 0 Å². The lowest BCUT2D eigenvalue weighted by molar-refractivity contribution is 0.00578. The SMILES string of the molecule is CC1(C)OB(c2cccc(NS(C)(=O)=O)c2)OC1(C)C. The van der Waals surface area contributed by atoms with E-state index < -0.39 is 28.3 Å². The number of hydrogen-bond donors (Lipinski definition) is 1. The number of anilines is 1. The van der Waals surface area contributed by atoms with Crippen LogP contribution >= 0.6 is 0 Å². The van der Waals surface area contributed by atoms with Crippen LogP contribution in [-0.2, 0) is 19.3 Å². The predicted molar refractivity (Wildman–Crippen MR) is 80.6 cm³/mol. The van der Waals surface area contributed by atoms with Gasteiger partial charge < -0.3 is 9.31 Å². The number of benzene rings is 1. The Hall–Kier alpha value is -1.05. The maximum absolute atomic E-state index is 11.3. The number of nitrogens with one attached hydrogen (secondary N) is 1. The van der Waals surface area contributed by atoms with Crippen molar-refractivity contribution in [1.29, 1.82) is 0 Å². The van der Waals surface area contributed by atoms with Crippen molar-refractivity contribution in [2.45, 2.75) is 38.9 Å². The summed E-state index contributed by atoms with van der Waals surface area (Å²) in [6.07, 6.45) is 1.12. The first-order valence-electron chi connectivity index (χ1n) is 6.44. The van der Waals surface area contributed by atoms with Gasteiger partial charge in [0.1, 0.15) is 0 Å². The minimum Gasteiger partial charge on any atom is -0.399 e. The van der Waals surface area contributed by atoms with Crippen LogP contribution in [0.2, 0.25) is 0 Å². The van der Waals surface area contributed by atoms with Crippen LogP contribution in [0.5, 0.6) is 0 Å². The van der Waals surface area contributed by atoms with Crippen LogP contribution in [0.3, 0.4) is 0 Å². The zero-order valence-electron chi connectivity index (χ0n) is 12.4. The summed E-state index contributed by atoms with van der Waals surface area (Å²) in [5.41, 5.74) is 0.451. The van der Waals surface area contributed by atoms with E-state index in [1.54, 1.807) is 18.2 Å². The normalized spacial score (nSPS) is 20.9. The monoisotopic (exact) mass is 297 g/mol. The molecular formula is C13H20BNO4S. The maximum atomic E-state index is 11.3. The van der Waals surface area contributed by atoms with E-state index in [0.717, 1.165) is 11.7 Å². The van der Waals surface area contributed by atoms with Crippen molar-refractivity contribution < 1.29 is 17.7 Å². The second-order valence-corrected chi connectivity index (χ2v) is 7.84. The molecule has 1 N–H and O–H groups in total. The molecule has 0 unspecified atom stereocenters. The molecule has 1 aliphatic rings. The summed E-state index contributed by atoms with van der Waals surface area (Å²) < 4.78 is 36.9. The molecular weight excluding hydrogens is 277 g/mol. The minimum absolute atomic E-state index is 0.419. The molecule has 20 heavy (non-hydrogen) atoms. The Bertz CT molecular complexity index is 597. The molecule has 110 valence electrons. The van der Waals surface area contributed by atoms with Gasteiger partial charge in [-0.05, 0) is 45.3 Å². The molecule has 0 aromatic heterocycles. The van der Waals surface area contributed by atoms with E-state index in [4.69, 9.17) is 9.31 Å². The average molecular weight is 297 g/mol. The minimum atomic E-state index is -3.29. The third kappa shape index (κ3) is 3.16. The van der Waals surface area contributed by atoms with Crippen LogP contribution in [0.25, 0.3) is 0 Å². The molecule has 1 aromatic carbocycles. The van der Waals surface area contributed by atoms with E-state index in [2.05, 4.69) is 4.72 Å². The van der Waals surface area contributed by atoms with E-state index in [1.165, 1.54) is 0 Å². The second-order valence-electron chi connectivity index (χ2n) is 6.09. The van der Waals surface area contributed by atoms with Crippen LogP contribution in [0.15, 0.2) is 24.3 Å². The average Bonchev–Trinajstić information content (AvgIpc) is 2.46. The number of hydrogen-bond acceptors (Lipinski definition) is 4. The van der Waals surface area contributed by atoms with Crippen molar-refractivity contribution in [3.8, 4) is 0 Å². The first-order chi connectivity index (χ1) is 9.00. The highest BCUT2D eigenvalue weighted by Gasteiger charge is 2.51. The quantitative estimate of drug-likeness (QED) is 0.856. The summed E-state index contributed by atoms with van der Waals surface area (Å²) in [5, 5.41) is 0. The van der Waals surface area contributed by atoms with Gasteiger partial charge in [-0.2, -0.15) is 0 Å². The Morgan fingerprint density at radius 3 is 2.15 bits per heavy atom. The zero-order chi connectivity index (χ0) is 15.2. The van der Waals surface area contributed by atoms with E-state index in [0.29, 0.717) is 5.69 Å². The maximum Gasteiger partial charge on any atom is 0.494 e. The van der Waals surface area contributed by atoms with Gasteiger partial charge in [-0.1, -0.05) is 12.1 Å². The lowest BCUT2D eigenvalue weighted by atomic mass is 9.79. The van der Waals surface area contributed by atoms with E-state index in [-0.39, 0.29) is 0 Å². The smallest absolute Gasteiger partial charge is 0.399 e. The van der Waals surface area contributed by atoms with E-state index >= 15 is 0 Å². The van der Waals surface area contributed by atoms with Crippen LogP contribution in [0, 0.1) is 0 Å². The molecule has 1 heterocycles. The molecule has 0 bridgehead atoms. The predicted octanol–water partition coefficient (Wildman–Crippen LogP) is 1.36. The molecule has 5 nitrogen and oxygen atoms in total. The van der Waals surface area contributed by atoms with Gasteiger partial charge in [-0.3, -0.25) is 4.72 Å². The summed E-state index contributed by atoms with van der Waals surface area (Å²) in [6.45, 7) is 7.91. The van der Waals surface area contributed by atoms with Crippen LogP contribution in [0.4, 0.5) is 5.69 Å². The molecule has 0 spiro atoms. The van der Waals surface area contributed by atoms with Gasteiger partial charge in [-0.25, -0.2) is 8.42 Å². The van der Waals surface area contributed by atoms with Crippen molar-refractivity contribution in [1.82, 2.24) is 0 Å². The molecule has 2 rings (SSSR count). The summed E-state index contributed by atoms with van der Waals surface area (Å²) in [5.74, 6) is 0. The summed E-state index contributed by atoms with van der Waals surface area (Å²) >= 11 is 0. The van der Waals surface area contributed by atoms with Crippen molar-refractivity contribution in [2.75, 3.05) is 11.0 Å². The summed E-state index contributed by atoms with van der Waals surface area (Å²) in [6, 6.07) is 7.04.